The first-order valence-corrected chi connectivity index (χ1v) is 6.03. The van der Waals surface area contributed by atoms with Gasteiger partial charge < -0.3 is 15.2 Å². The van der Waals surface area contributed by atoms with Crippen LogP contribution in [-0.2, 0) is 9.47 Å². The Kier molecular flexibility index (Phi) is 4.91. The minimum atomic E-state index is -0.228. The lowest BCUT2D eigenvalue weighted by Gasteiger charge is -2.26. The van der Waals surface area contributed by atoms with E-state index in [9.17, 15) is 0 Å². The van der Waals surface area contributed by atoms with Gasteiger partial charge in [0.15, 0.2) is 0 Å². The zero-order chi connectivity index (χ0) is 13.1. The van der Waals surface area contributed by atoms with Crippen molar-refractivity contribution < 1.29 is 9.47 Å². The molecule has 17 heavy (non-hydrogen) atoms. The standard InChI is InChI=1S/C12H25N3O2/c1-12(2,11(13)14)5-6-15-7-9(16-3)10(8-15)17-4/h9-10H,5-8H2,1-4H3,(H3,13,14). The van der Waals surface area contributed by atoms with Crippen LogP contribution in [0.15, 0.2) is 0 Å². The predicted molar refractivity (Wildman–Crippen MR) is 68.3 cm³/mol. The molecule has 3 N–H and O–H groups in total. The summed E-state index contributed by atoms with van der Waals surface area (Å²) in [5.41, 5.74) is 5.35. The van der Waals surface area contributed by atoms with Crippen molar-refractivity contribution in [2.75, 3.05) is 33.9 Å². The molecule has 1 heterocycles. The van der Waals surface area contributed by atoms with Crippen LogP contribution in [0.4, 0.5) is 0 Å². The number of amidine groups is 1. The number of ether oxygens (including phenoxy) is 2. The lowest BCUT2D eigenvalue weighted by Crippen LogP contribution is -2.35. The van der Waals surface area contributed by atoms with Gasteiger partial charge in [-0.1, -0.05) is 13.8 Å². The van der Waals surface area contributed by atoms with E-state index in [0.29, 0.717) is 0 Å². The minimum absolute atomic E-state index is 0.153. The molecule has 0 aromatic rings. The largest absolute Gasteiger partial charge is 0.387 e. The zero-order valence-corrected chi connectivity index (χ0v) is 11.3. The molecule has 1 aliphatic heterocycles. The van der Waals surface area contributed by atoms with Crippen LogP contribution in [0.25, 0.3) is 0 Å². The topological polar surface area (TPSA) is 71.6 Å². The zero-order valence-electron chi connectivity index (χ0n) is 11.3. The molecule has 5 nitrogen and oxygen atoms in total. The highest BCUT2D eigenvalue weighted by molar-refractivity contribution is 5.82. The molecule has 1 aliphatic rings. The van der Waals surface area contributed by atoms with Gasteiger partial charge in [-0.2, -0.15) is 0 Å². The summed E-state index contributed by atoms with van der Waals surface area (Å²) in [6.45, 7) is 6.72. The van der Waals surface area contributed by atoms with E-state index in [4.69, 9.17) is 20.6 Å². The van der Waals surface area contributed by atoms with Crippen LogP contribution in [0, 0.1) is 10.8 Å². The third-order valence-corrected chi connectivity index (χ3v) is 3.68. The molecule has 2 atom stereocenters. The lowest BCUT2D eigenvalue weighted by atomic mass is 9.88. The number of rotatable bonds is 6. The highest BCUT2D eigenvalue weighted by atomic mass is 16.5. The summed E-state index contributed by atoms with van der Waals surface area (Å²) in [4.78, 5) is 2.31. The molecule has 5 heteroatoms. The summed E-state index contributed by atoms with van der Waals surface area (Å²) in [5.74, 6) is 0.253. The Bertz CT molecular complexity index is 256. The second kappa shape index (κ2) is 5.80. The third-order valence-electron chi connectivity index (χ3n) is 3.68. The molecule has 0 bridgehead atoms. The van der Waals surface area contributed by atoms with Gasteiger partial charge >= 0.3 is 0 Å². The summed E-state index contributed by atoms with van der Waals surface area (Å²) in [7, 11) is 3.44. The van der Waals surface area contributed by atoms with Crippen LogP contribution < -0.4 is 5.73 Å². The molecule has 2 unspecified atom stereocenters. The lowest BCUT2D eigenvalue weighted by molar-refractivity contribution is -0.00461. The van der Waals surface area contributed by atoms with Crippen molar-refractivity contribution in [2.24, 2.45) is 11.1 Å². The smallest absolute Gasteiger partial charge is 0.0971 e. The molecule has 1 rings (SSSR count). The average molecular weight is 243 g/mol. The fourth-order valence-electron chi connectivity index (χ4n) is 2.03. The van der Waals surface area contributed by atoms with Gasteiger partial charge in [0.25, 0.3) is 0 Å². The van der Waals surface area contributed by atoms with E-state index >= 15 is 0 Å². The Labute approximate surface area is 104 Å². The van der Waals surface area contributed by atoms with Gasteiger partial charge in [0.2, 0.25) is 0 Å². The van der Waals surface area contributed by atoms with Crippen LogP contribution in [0.1, 0.15) is 20.3 Å². The monoisotopic (exact) mass is 243 g/mol. The van der Waals surface area contributed by atoms with E-state index in [1.807, 2.05) is 13.8 Å². The van der Waals surface area contributed by atoms with Gasteiger partial charge in [0.1, 0.15) is 0 Å². The maximum atomic E-state index is 7.53. The second-order valence-electron chi connectivity index (χ2n) is 5.36. The molecule has 0 spiro atoms. The summed E-state index contributed by atoms with van der Waals surface area (Å²) in [6, 6.07) is 0. The molecule has 0 amide bonds. The second-order valence-corrected chi connectivity index (χ2v) is 5.36. The van der Waals surface area contributed by atoms with Gasteiger partial charge in [-0.25, -0.2) is 0 Å². The van der Waals surface area contributed by atoms with E-state index in [1.165, 1.54) is 0 Å². The molecule has 100 valence electrons. The Morgan fingerprint density at radius 3 is 2.12 bits per heavy atom. The molecule has 0 aromatic carbocycles. The molecule has 0 aromatic heterocycles. The number of methoxy groups -OCH3 is 2. The summed E-state index contributed by atoms with van der Waals surface area (Å²) in [6.07, 6.45) is 1.19. The molecule has 0 saturated carbocycles. The first-order chi connectivity index (χ1) is 7.90. The quantitative estimate of drug-likeness (QED) is 0.532. The molecular formula is C12H25N3O2. The maximum absolute atomic E-state index is 7.53. The number of hydrogen-bond donors (Lipinski definition) is 2. The van der Waals surface area contributed by atoms with E-state index in [0.717, 1.165) is 26.1 Å². The summed E-state index contributed by atoms with van der Waals surface area (Å²) in [5, 5.41) is 7.53. The van der Waals surface area contributed by atoms with Crippen LogP contribution >= 0.6 is 0 Å². The maximum Gasteiger partial charge on any atom is 0.0971 e. The molecule has 0 aliphatic carbocycles. The number of nitrogens with one attached hydrogen (secondary N) is 1. The SMILES string of the molecule is COC1CN(CCC(C)(C)C(=N)N)CC1OC. The van der Waals surface area contributed by atoms with E-state index in [1.54, 1.807) is 14.2 Å². The molecular weight excluding hydrogens is 218 g/mol. The van der Waals surface area contributed by atoms with Crippen LogP contribution in [0.3, 0.4) is 0 Å². The van der Waals surface area contributed by atoms with Crippen molar-refractivity contribution >= 4 is 5.84 Å². The Morgan fingerprint density at radius 1 is 1.29 bits per heavy atom. The first-order valence-electron chi connectivity index (χ1n) is 6.03. The molecule has 1 saturated heterocycles. The fraction of sp³-hybridized carbons (Fsp3) is 0.917. The van der Waals surface area contributed by atoms with Crippen molar-refractivity contribution in [3.63, 3.8) is 0 Å². The van der Waals surface area contributed by atoms with Crippen molar-refractivity contribution in [3.8, 4) is 0 Å². The van der Waals surface area contributed by atoms with Crippen molar-refractivity contribution in [1.29, 1.82) is 5.41 Å². The average Bonchev–Trinajstić information content (AvgIpc) is 2.68. The summed E-state index contributed by atoms with van der Waals surface area (Å²) < 4.78 is 10.8. The first kappa shape index (κ1) is 14.4. The Balaban J connectivity index is 2.42. The molecule has 1 fully saturated rings. The van der Waals surface area contributed by atoms with Crippen molar-refractivity contribution in [3.05, 3.63) is 0 Å². The van der Waals surface area contributed by atoms with Gasteiger partial charge in [-0.15, -0.1) is 0 Å². The van der Waals surface area contributed by atoms with Crippen LogP contribution in [0.5, 0.6) is 0 Å². The number of likely N-dealkylation sites (tertiary alicyclic amines) is 1. The van der Waals surface area contributed by atoms with Crippen molar-refractivity contribution in [1.82, 2.24) is 4.90 Å². The number of hydrogen-bond acceptors (Lipinski definition) is 4. The molecule has 0 radical (unpaired) electrons. The third kappa shape index (κ3) is 3.66. The van der Waals surface area contributed by atoms with Gasteiger partial charge in [0, 0.05) is 32.7 Å². The fourth-order valence-corrected chi connectivity index (χ4v) is 2.03. The highest BCUT2D eigenvalue weighted by Gasteiger charge is 2.33. The normalized spacial score (nSPS) is 26.4. The minimum Gasteiger partial charge on any atom is -0.387 e. The van der Waals surface area contributed by atoms with Gasteiger partial charge in [0.05, 0.1) is 18.0 Å². The Hall–Kier alpha value is -0.650. The van der Waals surface area contributed by atoms with Crippen LogP contribution in [-0.4, -0.2) is 56.8 Å². The van der Waals surface area contributed by atoms with E-state index in [-0.39, 0.29) is 23.5 Å². The number of nitrogens with zero attached hydrogens (tertiary/aromatic N) is 1. The van der Waals surface area contributed by atoms with E-state index in [2.05, 4.69) is 4.90 Å². The van der Waals surface area contributed by atoms with Gasteiger partial charge in [-0.05, 0) is 13.0 Å². The van der Waals surface area contributed by atoms with Gasteiger partial charge in [-0.3, -0.25) is 10.3 Å². The Morgan fingerprint density at radius 2 is 1.76 bits per heavy atom. The van der Waals surface area contributed by atoms with Crippen LogP contribution in [0.2, 0.25) is 0 Å². The number of nitrogens with two attached hydrogens (primary N) is 1. The van der Waals surface area contributed by atoms with E-state index < -0.39 is 0 Å². The predicted octanol–water partition coefficient (Wildman–Crippen LogP) is 0.684. The summed E-state index contributed by atoms with van der Waals surface area (Å²) >= 11 is 0. The highest BCUT2D eigenvalue weighted by Crippen LogP contribution is 2.23. The van der Waals surface area contributed by atoms with Crippen molar-refractivity contribution in [2.45, 2.75) is 32.5 Å².